The molecule has 0 aromatic heterocycles. The minimum absolute atomic E-state index is 0.218. The highest BCUT2D eigenvalue weighted by Crippen LogP contribution is 2.43. The van der Waals surface area contributed by atoms with Gasteiger partial charge in [0.05, 0.1) is 11.1 Å². The summed E-state index contributed by atoms with van der Waals surface area (Å²) in [6.45, 7) is 0. The van der Waals surface area contributed by atoms with Gasteiger partial charge in [-0.3, -0.25) is 19.3 Å². The Labute approximate surface area is 114 Å². The molecule has 3 amide bonds. The molecule has 1 aliphatic heterocycles. The number of alkyl halides is 1. The Kier molecular flexibility index (Phi) is 2.44. The fourth-order valence-corrected chi connectivity index (χ4v) is 2.97. The lowest BCUT2D eigenvalue weighted by molar-refractivity contribution is -0.123. The SMILES string of the molecule is NC(=O)C1(Cl)CC(N2C(=O)c3ccccc3C2=O)C1. The van der Waals surface area contributed by atoms with Gasteiger partial charge in [-0.05, 0) is 25.0 Å². The third-order valence-corrected chi connectivity index (χ3v) is 4.25. The summed E-state index contributed by atoms with van der Waals surface area (Å²) in [6.07, 6.45) is 0.435. The average molecular weight is 279 g/mol. The normalized spacial score (nSPS) is 29.1. The summed E-state index contributed by atoms with van der Waals surface area (Å²) < 4.78 is 0. The van der Waals surface area contributed by atoms with Crippen LogP contribution in [0.15, 0.2) is 24.3 Å². The minimum Gasteiger partial charge on any atom is -0.368 e. The molecule has 3 rings (SSSR count). The summed E-state index contributed by atoms with van der Waals surface area (Å²) in [5, 5.41) is 0. The molecule has 0 atom stereocenters. The number of nitrogens with zero attached hydrogens (tertiary/aromatic N) is 1. The van der Waals surface area contributed by atoms with Gasteiger partial charge in [-0.2, -0.15) is 0 Å². The fourth-order valence-electron chi connectivity index (χ4n) is 2.61. The molecule has 2 N–H and O–H groups in total. The number of primary amides is 1. The van der Waals surface area contributed by atoms with Gasteiger partial charge in [0.2, 0.25) is 5.91 Å². The van der Waals surface area contributed by atoms with Gasteiger partial charge in [0, 0.05) is 6.04 Å². The van der Waals surface area contributed by atoms with E-state index in [1.165, 1.54) is 4.90 Å². The second kappa shape index (κ2) is 3.81. The lowest BCUT2D eigenvalue weighted by atomic mass is 9.78. The zero-order valence-corrected chi connectivity index (χ0v) is 10.7. The molecule has 1 heterocycles. The number of imide groups is 1. The van der Waals surface area contributed by atoms with Crippen LogP contribution in [0.5, 0.6) is 0 Å². The highest BCUT2D eigenvalue weighted by Gasteiger charge is 2.54. The highest BCUT2D eigenvalue weighted by atomic mass is 35.5. The van der Waals surface area contributed by atoms with E-state index in [-0.39, 0.29) is 30.7 Å². The van der Waals surface area contributed by atoms with Crippen LogP contribution in [0, 0.1) is 0 Å². The predicted octanol–water partition coefficient (Wildman–Crippen LogP) is 0.908. The topological polar surface area (TPSA) is 80.5 Å². The van der Waals surface area contributed by atoms with E-state index in [1.807, 2.05) is 0 Å². The van der Waals surface area contributed by atoms with E-state index in [1.54, 1.807) is 24.3 Å². The number of hydrogen-bond donors (Lipinski definition) is 1. The standard InChI is InChI=1S/C13H11ClN2O3/c14-13(12(15)19)5-7(6-13)16-10(17)8-3-1-2-4-9(8)11(16)18/h1-4,7H,5-6H2,(H2,15,19). The van der Waals surface area contributed by atoms with Crippen LogP contribution in [0.2, 0.25) is 0 Å². The molecule has 98 valence electrons. The first-order valence-electron chi connectivity index (χ1n) is 5.90. The number of carbonyl (C=O) groups excluding carboxylic acids is 3. The van der Waals surface area contributed by atoms with Crippen LogP contribution in [-0.2, 0) is 4.79 Å². The largest absolute Gasteiger partial charge is 0.368 e. The number of nitrogens with two attached hydrogens (primary N) is 1. The maximum absolute atomic E-state index is 12.2. The third-order valence-electron chi connectivity index (χ3n) is 3.75. The Balaban J connectivity index is 1.85. The molecule has 1 saturated carbocycles. The zero-order valence-electron chi connectivity index (χ0n) is 9.93. The van der Waals surface area contributed by atoms with Crippen molar-refractivity contribution in [1.82, 2.24) is 4.90 Å². The Bertz CT molecular complexity index is 573. The van der Waals surface area contributed by atoms with Crippen molar-refractivity contribution in [3.05, 3.63) is 35.4 Å². The maximum atomic E-state index is 12.2. The van der Waals surface area contributed by atoms with Gasteiger partial charge < -0.3 is 5.73 Å². The second-order valence-electron chi connectivity index (χ2n) is 4.92. The number of hydrogen-bond acceptors (Lipinski definition) is 3. The summed E-state index contributed by atoms with van der Waals surface area (Å²) in [5.41, 5.74) is 5.99. The van der Waals surface area contributed by atoms with Crippen LogP contribution in [0.1, 0.15) is 33.6 Å². The molecule has 0 unspecified atom stereocenters. The van der Waals surface area contributed by atoms with Crippen LogP contribution in [0.4, 0.5) is 0 Å². The van der Waals surface area contributed by atoms with Gasteiger partial charge >= 0.3 is 0 Å². The van der Waals surface area contributed by atoms with Crippen LogP contribution in [-0.4, -0.2) is 33.5 Å². The van der Waals surface area contributed by atoms with Crippen molar-refractivity contribution in [3.63, 3.8) is 0 Å². The molecule has 0 saturated heterocycles. The van der Waals surface area contributed by atoms with E-state index in [0.717, 1.165) is 0 Å². The quantitative estimate of drug-likeness (QED) is 0.645. The molecule has 1 aromatic rings. The van der Waals surface area contributed by atoms with E-state index in [2.05, 4.69) is 0 Å². The van der Waals surface area contributed by atoms with Gasteiger partial charge in [0.15, 0.2) is 0 Å². The molecule has 6 heteroatoms. The van der Waals surface area contributed by atoms with Gasteiger partial charge in [-0.25, -0.2) is 0 Å². The first-order chi connectivity index (χ1) is 8.94. The monoisotopic (exact) mass is 278 g/mol. The van der Waals surface area contributed by atoms with Crippen molar-refractivity contribution in [2.75, 3.05) is 0 Å². The van der Waals surface area contributed by atoms with E-state index in [9.17, 15) is 14.4 Å². The summed E-state index contributed by atoms with van der Waals surface area (Å²) in [6, 6.07) is 6.32. The van der Waals surface area contributed by atoms with Crippen LogP contribution in [0.3, 0.4) is 0 Å². The number of rotatable bonds is 2. The lowest BCUT2D eigenvalue weighted by Gasteiger charge is -2.43. The number of fused-ring (bicyclic) bond motifs is 1. The summed E-state index contributed by atoms with van der Waals surface area (Å²) >= 11 is 6.00. The molecule has 1 aromatic carbocycles. The number of benzene rings is 1. The summed E-state index contributed by atoms with van der Waals surface area (Å²) in [7, 11) is 0. The highest BCUT2D eigenvalue weighted by molar-refractivity contribution is 6.35. The molecule has 19 heavy (non-hydrogen) atoms. The fraction of sp³-hybridized carbons (Fsp3) is 0.308. The molecular formula is C13H11ClN2O3. The number of carbonyl (C=O) groups is 3. The average Bonchev–Trinajstić information content (AvgIpc) is 2.59. The first-order valence-corrected chi connectivity index (χ1v) is 6.27. The van der Waals surface area contributed by atoms with Gasteiger partial charge in [-0.15, -0.1) is 11.6 Å². The first kappa shape index (κ1) is 12.2. The molecule has 2 aliphatic rings. The summed E-state index contributed by atoms with van der Waals surface area (Å²) in [4.78, 5) is 35.5. The second-order valence-corrected chi connectivity index (χ2v) is 5.64. The third kappa shape index (κ3) is 1.58. The van der Waals surface area contributed by atoms with E-state index >= 15 is 0 Å². The Hall–Kier alpha value is -1.88. The van der Waals surface area contributed by atoms with Crippen molar-refractivity contribution in [3.8, 4) is 0 Å². The van der Waals surface area contributed by atoms with E-state index in [4.69, 9.17) is 17.3 Å². The van der Waals surface area contributed by atoms with Crippen LogP contribution >= 0.6 is 11.6 Å². The van der Waals surface area contributed by atoms with Crippen molar-refractivity contribution >= 4 is 29.3 Å². The summed E-state index contributed by atoms with van der Waals surface area (Å²) in [5.74, 6) is -1.26. The van der Waals surface area contributed by atoms with Gasteiger partial charge in [0.25, 0.3) is 11.8 Å². The van der Waals surface area contributed by atoms with Crippen LogP contribution in [0.25, 0.3) is 0 Å². The van der Waals surface area contributed by atoms with Crippen molar-refractivity contribution < 1.29 is 14.4 Å². The molecule has 1 fully saturated rings. The van der Waals surface area contributed by atoms with Crippen molar-refractivity contribution in [1.29, 1.82) is 0 Å². The number of halogens is 1. The Morgan fingerprint density at radius 3 is 2.11 bits per heavy atom. The zero-order chi connectivity index (χ0) is 13.8. The molecule has 0 radical (unpaired) electrons. The molecule has 5 nitrogen and oxygen atoms in total. The van der Waals surface area contributed by atoms with Gasteiger partial charge in [-0.1, -0.05) is 12.1 Å². The Morgan fingerprint density at radius 1 is 1.21 bits per heavy atom. The molecule has 0 bridgehead atoms. The molecule has 0 spiro atoms. The van der Waals surface area contributed by atoms with Gasteiger partial charge in [0.1, 0.15) is 4.87 Å². The van der Waals surface area contributed by atoms with E-state index in [0.29, 0.717) is 11.1 Å². The number of amides is 3. The predicted molar refractivity (Wildman–Crippen MR) is 67.7 cm³/mol. The van der Waals surface area contributed by atoms with Crippen molar-refractivity contribution in [2.45, 2.75) is 23.8 Å². The van der Waals surface area contributed by atoms with Crippen molar-refractivity contribution in [2.24, 2.45) is 5.73 Å². The smallest absolute Gasteiger partial charge is 0.261 e. The molecular weight excluding hydrogens is 268 g/mol. The minimum atomic E-state index is -1.12. The molecule has 1 aliphatic carbocycles. The van der Waals surface area contributed by atoms with E-state index < -0.39 is 10.8 Å². The van der Waals surface area contributed by atoms with Crippen LogP contribution < -0.4 is 5.73 Å². The lowest BCUT2D eigenvalue weighted by Crippen LogP contribution is -2.59. The maximum Gasteiger partial charge on any atom is 0.261 e. The Morgan fingerprint density at radius 2 is 1.68 bits per heavy atom.